The maximum absolute atomic E-state index is 14.3. The molecule has 2 N–H and O–H groups in total. The van der Waals surface area contributed by atoms with Crippen molar-refractivity contribution in [3.8, 4) is 5.69 Å². The van der Waals surface area contributed by atoms with Gasteiger partial charge < -0.3 is 19.7 Å². The van der Waals surface area contributed by atoms with E-state index in [0.29, 0.717) is 24.9 Å². The lowest BCUT2D eigenvalue weighted by Crippen LogP contribution is -2.63. The van der Waals surface area contributed by atoms with Crippen LogP contribution in [0.5, 0.6) is 0 Å². The fourth-order valence-electron chi connectivity index (χ4n) is 9.70. The van der Waals surface area contributed by atoms with Crippen LogP contribution in [0.15, 0.2) is 30.0 Å². The molecule has 4 aliphatic carbocycles. The molecule has 9 heteroatoms. The van der Waals surface area contributed by atoms with Gasteiger partial charge in [0.1, 0.15) is 18.2 Å². The Labute approximate surface area is 244 Å². The minimum Gasteiger partial charge on any atom is -0.392 e. The van der Waals surface area contributed by atoms with Crippen molar-refractivity contribution in [2.24, 2.45) is 28.6 Å². The van der Waals surface area contributed by atoms with Crippen LogP contribution in [0.4, 0.5) is 4.39 Å². The smallest absolute Gasteiger partial charge is 0.193 e. The summed E-state index contributed by atoms with van der Waals surface area (Å²) in [4.78, 5) is 27.8. The van der Waals surface area contributed by atoms with Gasteiger partial charge in [0.15, 0.2) is 17.7 Å². The Morgan fingerprint density at radius 3 is 2.79 bits per heavy atom. The average molecular weight is 579 g/mol. The van der Waals surface area contributed by atoms with Gasteiger partial charge in [0.2, 0.25) is 0 Å². The van der Waals surface area contributed by atoms with Gasteiger partial charge in [-0.25, -0.2) is 9.07 Å². The lowest BCUT2D eigenvalue weighted by Gasteiger charge is -2.58. The van der Waals surface area contributed by atoms with E-state index in [-0.39, 0.29) is 46.7 Å². The van der Waals surface area contributed by atoms with Gasteiger partial charge in [0, 0.05) is 28.7 Å². The molecular weight excluding hydrogens is 539 g/mol. The number of benzene rings is 1. The molecule has 5 aliphatic rings. The van der Waals surface area contributed by atoms with Gasteiger partial charge in [-0.05, 0) is 73.8 Å². The van der Waals surface area contributed by atoms with Crippen LogP contribution in [0.3, 0.4) is 0 Å². The third kappa shape index (κ3) is 3.57. The highest BCUT2D eigenvalue weighted by Gasteiger charge is 2.76. The van der Waals surface area contributed by atoms with Crippen LogP contribution in [-0.4, -0.2) is 56.2 Å². The Kier molecular flexibility index (Phi) is 6.45. The highest BCUT2D eigenvalue weighted by molar-refractivity contribution is 5.94. The van der Waals surface area contributed by atoms with Crippen molar-refractivity contribution in [2.45, 2.75) is 90.3 Å². The van der Waals surface area contributed by atoms with Gasteiger partial charge in [-0.1, -0.05) is 32.8 Å². The van der Waals surface area contributed by atoms with E-state index in [1.54, 1.807) is 16.8 Å². The predicted octanol–water partition coefficient (Wildman–Crippen LogP) is 4.32. The van der Waals surface area contributed by atoms with Crippen molar-refractivity contribution < 1.29 is 33.7 Å². The summed E-state index contributed by atoms with van der Waals surface area (Å²) in [5, 5.41) is 24.3. The number of allylic oxidation sites excluding steroid dienone is 1. The Balaban J connectivity index is 1.24. The van der Waals surface area contributed by atoms with Crippen LogP contribution in [0, 0.1) is 34.4 Å². The molecular formula is C33H39FN2O6. The number of halogens is 1. The first-order valence-electron chi connectivity index (χ1n) is 15.3. The number of nitrogens with zero attached hydrogens (tertiary/aromatic N) is 2. The number of Topliss-reactive ketones (excluding diaryl/α,β-unsaturated/α-hetero) is 2. The van der Waals surface area contributed by atoms with Crippen LogP contribution < -0.4 is 0 Å². The third-order valence-electron chi connectivity index (χ3n) is 11.5. The minimum absolute atomic E-state index is 0.0573. The molecule has 1 saturated heterocycles. The fraction of sp³-hybridized carbons (Fsp3) is 0.606. The van der Waals surface area contributed by atoms with E-state index in [9.17, 15) is 24.2 Å². The molecule has 7 rings (SSSR count). The van der Waals surface area contributed by atoms with E-state index in [1.165, 1.54) is 11.6 Å². The zero-order valence-corrected chi connectivity index (χ0v) is 24.4. The number of ether oxygens (including phenoxy) is 2. The van der Waals surface area contributed by atoms with Crippen LogP contribution >= 0.6 is 0 Å². The van der Waals surface area contributed by atoms with Crippen LogP contribution in [0.2, 0.25) is 0 Å². The van der Waals surface area contributed by atoms with Crippen molar-refractivity contribution in [3.63, 3.8) is 0 Å². The highest BCUT2D eigenvalue weighted by Crippen LogP contribution is 2.69. The Bertz CT molecular complexity index is 1500. The molecule has 3 saturated carbocycles. The first-order chi connectivity index (χ1) is 20.1. The Morgan fingerprint density at radius 2 is 2.05 bits per heavy atom. The zero-order chi connectivity index (χ0) is 29.6. The van der Waals surface area contributed by atoms with Gasteiger partial charge in [0.25, 0.3) is 0 Å². The number of aromatic nitrogens is 2. The number of carbonyl (C=O) groups is 2. The third-order valence-corrected chi connectivity index (χ3v) is 11.5. The molecule has 1 aromatic carbocycles. The molecule has 2 aromatic rings. The number of hydrogen-bond donors (Lipinski definition) is 2. The molecule has 8 nitrogen and oxygen atoms in total. The summed E-state index contributed by atoms with van der Waals surface area (Å²) >= 11 is 0. The lowest BCUT2D eigenvalue weighted by molar-refractivity contribution is -0.188. The van der Waals surface area contributed by atoms with Crippen molar-refractivity contribution in [1.29, 1.82) is 0 Å². The number of rotatable bonds is 6. The number of ketones is 2. The molecule has 1 aromatic heterocycles. The molecule has 0 bridgehead atoms. The van der Waals surface area contributed by atoms with E-state index in [0.717, 1.165) is 30.5 Å². The molecule has 224 valence electrons. The summed E-state index contributed by atoms with van der Waals surface area (Å²) in [6.07, 6.45) is 7.71. The second-order valence-electron chi connectivity index (χ2n) is 13.5. The van der Waals surface area contributed by atoms with E-state index in [1.807, 2.05) is 20.0 Å². The largest absolute Gasteiger partial charge is 0.392 e. The summed E-state index contributed by atoms with van der Waals surface area (Å²) in [5.74, 6) is -0.742. The summed E-state index contributed by atoms with van der Waals surface area (Å²) in [5.41, 5.74) is 1.64. The molecule has 2 heterocycles. The average Bonchev–Trinajstić information content (AvgIpc) is 3.61. The van der Waals surface area contributed by atoms with Crippen molar-refractivity contribution in [3.05, 3.63) is 52.6 Å². The topological polar surface area (TPSA) is 111 Å². The summed E-state index contributed by atoms with van der Waals surface area (Å²) in [7, 11) is 0. The van der Waals surface area contributed by atoms with Crippen molar-refractivity contribution in [2.75, 3.05) is 6.61 Å². The maximum Gasteiger partial charge on any atom is 0.193 e. The highest BCUT2D eigenvalue weighted by atomic mass is 19.1. The Morgan fingerprint density at radius 1 is 1.24 bits per heavy atom. The fourth-order valence-corrected chi connectivity index (χ4v) is 9.70. The number of aliphatic hydroxyl groups is 2. The lowest BCUT2D eigenvalue weighted by atomic mass is 9.45. The second-order valence-corrected chi connectivity index (χ2v) is 13.5. The number of carbonyl (C=O) groups excluding carboxylic acids is 2. The van der Waals surface area contributed by atoms with E-state index < -0.39 is 42.4 Å². The van der Waals surface area contributed by atoms with E-state index >= 15 is 0 Å². The predicted molar refractivity (Wildman–Crippen MR) is 151 cm³/mol. The molecule has 1 aliphatic heterocycles. The van der Waals surface area contributed by atoms with Crippen LogP contribution in [0.1, 0.15) is 76.1 Å². The van der Waals surface area contributed by atoms with Gasteiger partial charge in [-0.3, -0.25) is 9.59 Å². The summed E-state index contributed by atoms with van der Waals surface area (Å²) in [6, 6.07) is 4.63. The molecule has 8 atom stereocenters. The molecule has 0 spiro atoms. The number of hydrogen-bond acceptors (Lipinski definition) is 7. The standard InChI is InChI=1S/C33H39FN2O6/c1-4-5-29-41-28-12-23-22-8-6-20-11-25-19(15-35-36(25)21-7-9-24(34)18(10-21)16-37)13-31(20,2)30(22)26(39)14-32(23,3)33(28,42-29)27(40)17-38/h7,9-11,15,22-23,28-30,37-38H,4-6,8,12-14,16-17H2,1-3H3/t22?,23?,28-,29+,30?,31+,32+,33-/m1/s1. The van der Waals surface area contributed by atoms with Crippen LogP contribution in [0.25, 0.3) is 11.8 Å². The molecule has 4 fully saturated rings. The number of aliphatic hydroxyl groups excluding tert-OH is 2. The number of fused-ring (bicyclic) bond motifs is 8. The zero-order valence-electron chi connectivity index (χ0n) is 24.4. The first kappa shape index (κ1) is 28.1. The Hall–Kier alpha value is -2.72. The SMILES string of the molecule is CCC[C@H]1O[C@@H]2CC3C4CCC5=Cc6c(cnn6-c6ccc(F)c(CO)c6)C[C@]5(C)C4C(=O)C[C@]3(C)[C@]2(C(=O)CO)O1. The monoisotopic (exact) mass is 578 g/mol. The maximum atomic E-state index is 14.3. The van der Waals surface area contributed by atoms with Crippen LogP contribution in [-0.2, 0) is 32.1 Å². The van der Waals surface area contributed by atoms with E-state index in [2.05, 4.69) is 18.1 Å². The summed E-state index contributed by atoms with van der Waals surface area (Å²) < 4.78 is 28.7. The molecule has 3 unspecified atom stereocenters. The first-order valence-corrected chi connectivity index (χ1v) is 15.3. The van der Waals surface area contributed by atoms with Gasteiger partial charge >= 0.3 is 0 Å². The van der Waals surface area contributed by atoms with E-state index in [4.69, 9.17) is 9.47 Å². The van der Waals surface area contributed by atoms with Gasteiger partial charge in [-0.2, -0.15) is 5.10 Å². The van der Waals surface area contributed by atoms with Gasteiger partial charge in [0.05, 0.1) is 30.3 Å². The second kappa shape index (κ2) is 9.64. The minimum atomic E-state index is -1.30. The molecule has 0 radical (unpaired) electrons. The quantitative estimate of drug-likeness (QED) is 0.525. The molecule has 0 amide bonds. The van der Waals surface area contributed by atoms with Gasteiger partial charge in [-0.15, -0.1) is 0 Å². The molecule has 42 heavy (non-hydrogen) atoms. The normalized spacial score (nSPS) is 38.3. The van der Waals surface area contributed by atoms with Crippen molar-refractivity contribution in [1.82, 2.24) is 9.78 Å². The summed E-state index contributed by atoms with van der Waals surface area (Å²) in [6.45, 7) is 5.24. The van der Waals surface area contributed by atoms with Crippen molar-refractivity contribution >= 4 is 17.6 Å².